The molecule has 0 bridgehead atoms. The van der Waals surface area contributed by atoms with Crippen LogP contribution in [0, 0.1) is 18.7 Å². The monoisotopic (exact) mass is 361 g/mol. The Morgan fingerprint density at radius 1 is 1.15 bits per heavy atom. The Kier molecular flexibility index (Phi) is 4.95. The van der Waals surface area contributed by atoms with Gasteiger partial charge in [0, 0.05) is 13.1 Å². The maximum absolute atomic E-state index is 14.9. The number of nitrogens with zero attached hydrogens (tertiary/aromatic N) is 1. The molecule has 142 valence electrons. The minimum atomic E-state index is -0.631. The van der Waals surface area contributed by atoms with Gasteiger partial charge in [0.15, 0.2) is 0 Å². The molecule has 1 aromatic carbocycles. The smallest absolute Gasteiger partial charge is 0.399 e. The molecule has 0 unspecified atom stereocenters. The molecule has 26 heavy (non-hydrogen) atoms. The van der Waals surface area contributed by atoms with Gasteiger partial charge >= 0.3 is 7.12 Å². The van der Waals surface area contributed by atoms with Crippen molar-refractivity contribution >= 4 is 18.5 Å². The summed E-state index contributed by atoms with van der Waals surface area (Å²) < 4.78 is 26.9. The van der Waals surface area contributed by atoms with Gasteiger partial charge in [-0.05, 0) is 70.5 Å². The fraction of sp³-hybridized carbons (Fsp3) is 0.650. The zero-order chi connectivity index (χ0) is 19.3. The second-order valence-corrected chi connectivity index (χ2v) is 8.76. The van der Waals surface area contributed by atoms with Crippen molar-refractivity contribution in [3.63, 3.8) is 0 Å². The highest BCUT2D eigenvalue weighted by Crippen LogP contribution is 2.36. The van der Waals surface area contributed by atoms with Crippen LogP contribution in [-0.4, -0.2) is 42.2 Å². The second-order valence-electron chi connectivity index (χ2n) is 8.76. The zero-order valence-corrected chi connectivity index (χ0v) is 16.7. The van der Waals surface area contributed by atoms with Crippen LogP contribution in [0.4, 0.5) is 4.39 Å². The molecule has 0 saturated carbocycles. The second kappa shape index (κ2) is 6.64. The SMILES string of the molecule is Cc1cc(B2OC(C)(C)C(C)(C)O2)cc(F)c1C(=O)N1CCC(C)CC1. The van der Waals surface area contributed by atoms with E-state index in [9.17, 15) is 9.18 Å². The predicted octanol–water partition coefficient (Wildman–Crippen LogP) is 3.31. The third-order valence-electron chi connectivity index (χ3n) is 6.12. The van der Waals surface area contributed by atoms with Gasteiger partial charge in [0.2, 0.25) is 0 Å². The highest BCUT2D eigenvalue weighted by molar-refractivity contribution is 6.62. The molecule has 0 aromatic heterocycles. The molecular formula is C20H29BFNO3. The van der Waals surface area contributed by atoms with E-state index in [-0.39, 0.29) is 11.5 Å². The summed E-state index contributed by atoms with van der Waals surface area (Å²) in [5.74, 6) is -0.0959. The lowest BCUT2D eigenvalue weighted by atomic mass is 9.77. The van der Waals surface area contributed by atoms with Crippen LogP contribution in [0.1, 0.15) is 63.4 Å². The fourth-order valence-electron chi connectivity index (χ4n) is 3.53. The summed E-state index contributed by atoms with van der Waals surface area (Å²) in [6.45, 7) is 13.2. The molecule has 0 spiro atoms. The van der Waals surface area contributed by atoms with Crippen molar-refractivity contribution in [2.24, 2.45) is 5.92 Å². The molecule has 2 aliphatic heterocycles. The van der Waals surface area contributed by atoms with Crippen molar-refractivity contribution in [1.82, 2.24) is 4.90 Å². The van der Waals surface area contributed by atoms with Crippen LogP contribution in [0.5, 0.6) is 0 Å². The van der Waals surface area contributed by atoms with Gasteiger partial charge in [0.1, 0.15) is 5.82 Å². The topological polar surface area (TPSA) is 38.8 Å². The molecule has 0 aliphatic carbocycles. The molecule has 0 radical (unpaired) electrons. The molecular weight excluding hydrogens is 332 g/mol. The normalized spacial score (nSPS) is 22.7. The first kappa shape index (κ1) is 19.4. The van der Waals surface area contributed by atoms with Gasteiger partial charge in [-0.15, -0.1) is 0 Å². The molecule has 2 saturated heterocycles. The maximum Gasteiger partial charge on any atom is 0.494 e. The molecule has 6 heteroatoms. The third-order valence-corrected chi connectivity index (χ3v) is 6.12. The summed E-state index contributed by atoms with van der Waals surface area (Å²) in [6, 6.07) is 3.19. The van der Waals surface area contributed by atoms with E-state index in [4.69, 9.17) is 9.31 Å². The lowest BCUT2D eigenvalue weighted by molar-refractivity contribution is 0.00578. The van der Waals surface area contributed by atoms with E-state index in [1.807, 2.05) is 33.8 Å². The number of aryl methyl sites for hydroxylation is 1. The zero-order valence-electron chi connectivity index (χ0n) is 16.7. The van der Waals surface area contributed by atoms with Crippen molar-refractivity contribution in [2.75, 3.05) is 13.1 Å². The number of halogens is 1. The van der Waals surface area contributed by atoms with Gasteiger partial charge in [-0.2, -0.15) is 0 Å². The van der Waals surface area contributed by atoms with Gasteiger partial charge in [-0.25, -0.2) is 4.39 Å². The molecule has 0 atom stereocenters. The summed E-state index contributed by atoms with van der Waals surface area (Å²) in [5.41, 5.74) is 0.433. The van der Waals surface area contributed by atoms with E-state index in [1.54, 1.807) is 11.8 Å². The van der Waals surface area contributed by atoms with Crippen LogP contribution < -0.4 is 5.46 Å². The summed E-state index contributed by atoms with van der Waals surface area (Å²) in [6.07, 6.45) is 1.94. The quantitative estimate of drug-likeness (QED) is 0.759. The maximum atomic E-state index is 14.9. The van der Waals surface area contributed by atoms with E-state index < -0.39 is 24.1 Å². The first-order valence-corrected chi connectivity index (χ1v) is 9.47. The highest BCUT2D eigenvalue weighted by Gasteiger charge is 2.52. The van der Waals surface area contributed by atoms with Crippen molar-refractivity contribution in [3.05, 3.63) is 29.1 Å². The predicted molar refractivity (Wildman–Crippen MR) is 101 cm³/mol. The highest BCUT2D eigenvalue weighted by atomic mass is 19.1. The number of hydrogen-bond donors (Lipinski definition) is 0. The minimum Gasteiger partial charge on any atom is -0.399 e. The number of hydrogen-bond acceptors (Lipinski definition) is 3. The third kappa shape index (κ3) is 3.41. The first-order valence-electron chi connectivity index (χ1n) is 9.47. The van der Waals surface area contributed by atoms with E-state index in [0.29, 0.717) is 30.0 Å². The van der Waals surface area contributed by atoms with Gasteiger partial charge in [-0.3, -0.25) is 4.79 Å². The van der Waals surface area contributed by atoms with E-state index in [1.165, 1.54) is 6.07 Å². The Bertz CT molecular complexity index is 672. The van der Waals surface area contributed by atoms with Crippen LogP contribution in [0.15, 0.2) is 12.1 Å². The Balaban J connectivity index is 1.84. The van der Waals surface area contributed by atoms with E-state index in [0.717, 1.165) is 12.8 Å². The van der Waals surface area contributed by atoms with E-state index >= 15 is 0 Å². The van der Waals surface area contributed by atoms with Crippen molar-refractivity contribution in [1.29, 1.82) is 0 Å². The molecule has 0 N–H and O–H groups in total. The number of benzene rings is 1. The Morgan fingerprint density at radius 2 is 1.69 bits per heavy atom. The molecule has 2 fully saturated rings. The molecule has 3 rings (SSSR count). The van der Waals surface area contributed by atoms with E-state index in [2.05, 4.69) is 6.92 Å². The van der Waals surface area contributed by atoms with Gasteiger partial charge < -0.3 is 14.2 Å². The average molecular weight is 361 g/mol. The lowest BCUT2D eigenvalue weighted by Gasteiger charge is -2.32. The number of carbonyl (C=O) groups excluding carboxylic acids is 1. The minimum absolute atomic E-state index is 0.167. The van der Waals surface area contributed by atoms with Crippen LogP contribution >= 0.6 is 0 Å². The van der Waals surface area contributed by atoms with Crippen LogP contribution in [0.3, 0.4) is 0 Å². The van der Waals surface area contributed by atoms with Gasteiger partial charge in [0.05, 0.1) is 16.8 Å². The first-order chi connectivity index (χ1) is 12.0. The molecule has 4 nitrogen and oxygen atoms in total. The number of amides is 1. The fourth-order valence-corrected chi connectivity index (χ4v) is 3.53. The number of piperidine rings is 1. The summed E-state index contributed by atoms with van der Waals surface area (Å²) >= 11 is 0. The number of carbonyl (C=O) groups is 1. The lowest BCUT2D eigenvalue weighted by Crippen LogP contribution is -2.41. The average Bonchev–Trinajstić information content (AvgIpc) is 2.75. The molecule has 1 aromatic rings. The summed E-state index contributed by atoms with van der Waals surface area (Å²) in [4.78, 5) is 14.6. The summed E-state index contributed by atoms with van der Waals surface area (Å²) in [7, 11) is -0.631. The molecule has 1 amide bonds. The summed E-state index contributed by atoms with van der Waals surface area (Å²) in [5, 5.41) is 0. The number of likely N-dealkylation sites (tertiary alicyclic amines) is 1. The van der Waals surface area contributed by atoms with Gasteiger partial charge in [-0.1, -0.05) is 13.0 Å². The standard InChI is InChI=1S/C20H29BFNO3/c1-13-7-9-23(10-8-13)18(24)17-14(2)11-15(12-16(17)22)21-25-19(3,4)20(5,6)26-21/h11-13H,7-10H2,1-6H3. The number of rotatable bonds is 2. The van der Waals surface area contributed by atoms with Crippen molar-refractivity contribution < 1.29 is 18.5 Å². The van der Waals surface area contributed by atoms with Crippen molar-refractivity contribution in [2.45, 2.75) is 65.6 Å². The van der Waals surface area contributed by atoms with Crippen molar-refractivity contribution in [3.8, 4) is 0 Å². The Morgan fingerprint density at radius 3 is 2.19 bits per heavy atom. The Hall–Kier alpha value is -1.40. The largest absolute Gasteiger partial charge is 0.494 e. The van der Waals surface area contributed by atoms with Crippen LogP contribution in [0.2, 0.25) is 0 Å². The molecule has 2 heterocycles. The van der Waals surface area contributed by atoms with Gasteiger partial charge in [0.25, 0.3) is 5.91 Å². The van der Waals surface area contributed by atoms with Crippen LogP contribution in [-0.2, 0) is 9.31 Å². The molecule has 2 aliphatic rings. The van der Waals surface area contributed by atoms with Crippen LogP contribution in [0.25, 0.3) is 0 Å². The Labute approximate surface area is 156 Å².